The minimum Gasteiger partial charge on any atom is -0.355 e. The van der Waals surface area contributed by atoms with E-state index in [0.717, 1.165) is 5.56 Å². The maximum Gasteiger partial charge on any atom is 0.220 e. The average Bonchev–Trinajstić information content (AvgIpc) is 2.53. The topological polar surface area (TPSA) is 29.1 Å². The standard InChI is InChI=1S/C10H10FNO/c11-9-3-1-7(2-4-9)8-5-10(13)12-6-8/h1-4,8H,5-6H2,(H,12,13)/t8-/m1/s1. The Morgan fingerprint density at radius 1 is 1.31 bits per heavy atom. The fraction of sp³-hybridized carbons (Fsp3) is 0.300. The average molecular weight is 179 g/mol. The van der Waals surface area contributed by atoms with Crippen LogP contribution in [0.2, 0.25) is 0 Å². The molecular formula is C10H10FNO. The van der Waals surface area contributed by atoms with E-state index in [9.17, 15) is 9.18 Å². The lowest BCUT2D eigenvalue weighted by atomic mass is 9.98. The van der Waals surface area contributed by atoms with Crippen molar-refractivity contribution in [2.45, 2.75) is 12.3 Å². The Bertz CT molecular complexity index is 320. The minimum atomic E-state index is -0.235. The molecule has 1 aromatic rings. The van der Waals surface area contributed by atoms with Crippen molar-refractivity contribution in [2.24, 2.45) is 0 Å². The summed E-state index contributed by atoms with van der Waals surface area (Å²) in [6, 6.07) is 6.33. The normalized spacial score (nSPS) is 21.6. The Morgan fingerprint density at radius 2 is 2.00 bits per heavy atom. The fourth-order valence-electron chi connectivity index (χ4n) is 1.58. The van der Waals surface area contributed by atoms with Gasteiger partial charge < -0.3 is 5.32 Å². The van der Waals surface area contributed by atoms with Gasteiger partial charge in [-0.25, -0.2) is 4.39 Å². The van der Waals surface area contributed by atoms with Gasteiger partial charge in [0, 0.05) is 18.9 Å². The van der Waals surface area contributed by atoms with Gasteiger partial charge in [0.25, 0.3) is 0 Å². The highest BCUT2D eigenvalue weighted by atomic mass is 19.1. The molecule has 1 N–H and O–H groups in total. The van der Waals surface area contributed by atoms with Crippen molar-refractivity contribution in [1.82, 2.24) is 5.32 Å². The molecule has 0 radical (unpaired) electrons. The lowest BCUT2D eigenvalue weighted by molar-refractivity contribution is -0.119. The van der Waals surface area contributed by atoms with Crippen LogP contribution in [0.3, 0.4) is 0 Å². The molecule has 1 aromatic carbocycles. The molecule has 1 aliphatic rings. The molecule has 1 aliphatic heterocycles. The van der Waals surface area contributed by atoms with Gasteiger partial charge in [0.1, 0.15) is 5.82 Å². The van der Waals surface area contributed by atoms with Crippen LogP contribution in [-0.2, 0) is 4.79 Å². The van der Waals surface area contributed by atoms with Crippen molar-refractivity contribution >= 4 is 5.91 Å². The van der Waals surface area contributed by atoms with Crippen LogP contribution in [-0.4, -0.2) is 12.5 Å². The predicted octanol–water partition coefficient (Wildman–Crippen LogP) is 1.43. The van der Waals surface area contributed by atoms with E-state index in [1.807, 2.05) is 0 Å². The summed E-state index contributed by atoms with van der Waals surface area (Å²) >= 11 is 0. The van der Waals surface area contributed by atoms with Crippen LogP contribution in [0, 0.1) is 5.82 Å². The summed E-state index contributed by atoms with van der Waals surface area (Å²) in [4.78, 5) is 10.9. The molecular weight excluding hydrogens is 169 g/mol. The summed E-state index contributed by atoms with van der Waals surface area (Å²) < 4.78 is 12.6. The summed E-state index contributed by atoms with van der Waals surface area (Å²) in [5.41, 5.74) is 1.03. The van der Waals surface area contributed by atoms with Crippen molar-refractivity contribution in [3.8, 4) is 0 Å². The minimum absolute atomic E-state index is 0.0781. The zero-order valence-electron chi connectivity index (χ0n) is 7.09. The van der Waals surface area contributed by atoms with E-state index in [1.54, 1.807) is 12.1 Å². The van der Waals surface area contributed by atoms with Gasteiger partial charge in [-0.1, -0.05) is 12.1 Å². The number of halogens is 1. The highest BCUT2D eigenvalue weighted by Gasteiger charge is 2.22. The van der Waals surface area contributed by atoms with Crippen LogP contribution >= 0.6 is 0 Å². The first-order chi connectivity index (χ1) is 6.25. The zero-order chi connectivity index (χ0) is 9.26. The highest BCUT2D eigenvalue weighted by molar-refractivity contribution is 5.79. The molecule has 0 bridgehead atoms. The van der Waals surface area contributed by atoms with Crippen LogP contribution in [0.1, 0.15) is 17.9 Å². The van der Waals surface area contributed by atoms with E-state index in [0.29, 0.717) is 13.0 Å². The van der Waals surface area contributed by atoms with Crippen molar-refractivity contribution in [2.75, 3.05) is 6.54 Å². The molecule has 1 saturated heterocycles. The molecule has 3 heteroatoms. The van der Waals surface area contributed by atoms with Gasteiger partial charge in [-0.15, -0.1) is 0 Å². The van der Waals surface area contributed by atoms with E-state index in [4.69, 9.17) is 0 Å². The summed E-state index contributed by atoms with van der Waals surface area (Å²) in [5, 5.41) is 2.75. The molecule has 0 saturated carbocycles. The Hall–Kier alpha value is -1.38. The van der Waals surface area contributed by atoms with Gasteiger partial charge in [-0.05, 0) is 17.7 Å². The van der Waals surface area contributed by atoms with Crippen LogP contribution in [0.5, 0.6) is 0 Å². The smallest absolute Gasteiger partial charge is 0.220 e. The molecule has 0 unspecified atom stereocenters. The summed E-state index contributed by atoms with van der Waals surface area (Å²) in [6.45, 7) is 0.671. The molecule has 1 atom stereocenters. The van der Waals surface area contributed by atoms with Gasteiger partial charge in [0.05, 0.1) is 0 Å². The maximum atomic E-state index is 12.6. The number of carbonyl (C=O) groups is 1. The van der Waals surface area contributed by atoms with Gasteiger partial charge in [0.15, 0.2) is 0 Å². The Labute approximate surface area is 75.8 Å². The second-order valence-electron chi connectivity index (χ2n) is 3.26. The number of benzene rings is 1. The Balaban J connectivity index is 2.17. The number of carbonyl (C=O) groups excluding carboxylic acids is 1. The zero-order valence-corrected chi connectivity index (χ0v) is 7.09. The molecule has 2 rings (SSSR count). The van der Waals surface area contributed by atoms with Gasteiger partial charge in [-0.2, -0.15) is 0 Å². The lowest BCUT2D eigenvalue weighted by Gasteiger charge is -2.06. The van der Waals surface area contributed by atoms with E-state index in [2.05, 4.69) is 5.32 Å². The quantitative estimate of drug-likeness (QED) is 0.694. The second kappa shape index (κ2) is 3.17. The molecule has 0 spiro atoms. The van der Waals surface area contributed by atoms with E-state index >= 15 is 0 Å². The number of amides is 1. The molecule has 1 fully saturated rings. The van der Waals surface area contributed by atoms with E-state index in [1.165, 1.54) is 12.1 Å². The number of rotatable bonds is 1. The van der Waals surface area contributed by atoms with Crippen molar-refractivity contribution < 1.29 is 9.18 Å². The summed E-state index contributed by atoms with van der Waals surface area (Å²) in [7, 11) is 0. The first-order valence-electron chi connectivity index (χ1n) is 4.28. The first-order valence-corrected chi connectivity index (χ1v) is 4.28. The highest BCUT2D eigenvalue weighted by Crippen LogP contribution is 2.22. The number of hydrogen-bond acceptors (Lipinski definition) is 1. The number of nitrogens with one attached hydrogen (secondary N) is 1. The molecule has 0 aliphatic carbocycles. The fourth-order valence-corrected chi connectivity index (χ4v) is 1.58. The third-order valence-corrected chi connectivity index (χ3v) is 2.32. The Morgan fingerprint density at radius 3 is 2.54 bits per heavy atom. The Kier molecular flexibility index (Phi) is 2.00. The van der Waals surface area contributed by atoms with Crippen molar-refractivity contribution in [3.05, 3.63) is 35.6 Å². The monoisotopic (exact) mass is 179 g/mol. The van der Waals surface area contributed by atoms with Crippen molar-refractivity contribution in [1.29, 1.82) is 0 Å². The SMILES string of the molecule is O=C1C[C@@H](c2ccc(F)cc2)CN1. The second-order valence-corrected chi connectivity index (χ2v) is 3.26. The predicted molar refractivity (Wildman–Crippen MR) is 46.8 cm³/mol. The first kappa shape index (κ1) is 8.23. The van der Waals surface area contributed by atoms with E-state index in [-0.39, 0.29) is 17.6 Å². The van der Waals surface area contributed by atoms with Crippen LogP contribution in [0.4, 0.5) is 4.39 Å². The molecule has 13 heavy (non-hydrogen) atoms. The molecule has 1 amide bonds. The lowest BCUT2D eigenvalue weighted by Crippen LogP contribution is -2.13. The van der Waals surface area contributed by atoms with Crippen LogP contribution in [0.15, 0.2) is 24.3 Å². The molecule has 2 nitrogen and oxygen atoms in total. The van der Waals surface area contributed by atoms with Gasteiger partial charge in [0.2, 0.25) is 5.91 Å². The van der Waals surface area contributed by atoms with E-state index < -0.39 is 0 Å². The third-order valence-electron chi connectivity index (χ3n) is 2.32. The largest absolute Gasteiger partial charge is 0.355 e. The summed E-state index contributed by atoms with van der Waals surface area (Å²) in [5.74, 6) is 0.0588. The maximum absolute atomic E-state index is 12.6. The molecule has 0 aromatic heterocycles. The van der Waals surface area contributed by atoms with Crippen molar-refractivity contribution in [3.63, 3.8) is 0 Å². The number of hydrogen-bond donors (Lipinski definition) is 1. The van der Waals surface area contributed by atoms with Crippen LogP contribution in [0.25, 0.3) is 0 Å². The summed E-state index contributed by atoms with van der Waals surface area (Å²) in [6.07, 6.45) is 0.519. The molecule has 1 heterocycles. The third kappa shape index (κ3) is 1.69. The van der Waals surface area contributed by atoms with Crippen LogP contribution < -0.4 is 5.32 Å². The van der Waals surface area contributed by atoms with Gasteiger partial charge >= 0.3 is 0 Å². The van der Waals surface area contributed by atoms with Gasteiger partial charge in [-0.3, -0.25) is 4.79 Å². The molecule has 68 valence electrons.